The monoisotopic (exact) mass is 402 g/mol. The maximum Gasteiger partial charge on any atom is 0.223 e. The largest absolute Gasteiger partial charge is 0.390 e. The second-order valence-corrected chi connectivity index (χ2v) is 7.88. The molecule has 0 saturated heterocycles. The third kappa shape index (κ3) is 5.32. The van der Waals surface area contributed by atoms with Crippen LogP contribution in [0.2, 0.25) is 5.02 Å². The van der Waals surface area contributed by atoms with Gasteiger partial charge in [-0.25, -0.2) is 4.39 Å². The average Bonchev–Trinajstić information content (AvgIpc) is 3.11. The third-order valence-corrected chi connectivity index (χ3v) is 4.84. The van der Waals surface area contributed by atoms with Gasteiger partial charge < -0.3 is 9.74 Å². The van der Waals surface area contributed by atoms with Gasteiger partial charge in [0.1, 0.15) is 5.82 Å². The van der Waals surface area contributed by atoms with Crippen LogP contribution in [0, 0.1) is 11.7 Å². The van der Waals surface area contributed by atoms with Crippen molar-refractivity contribution in [3.63, 3.8) is 0 Å². The molecule has 3 rings (SSSR count). The first kappa shape index (κ1) is 20.3. The van der Waals surface area contributed by atoms with Crippen LogP contribution in [-0.4, -0.2) is 29.2 Å². The van der Waals surface area contributed by atoms with E-state index in [4.69, 9.17) is 16.4 Å². The highest BCUT2D eigenvalue weighted by Gasteiger charge is 2.27. The summed E-state index contributed by atoms with van der Waals surface area (Å²) in [6.45, 7) is 4.56. The van der Waals surface area contributed by atoms with E-state index in [-0.39, 0.29) is 30.3 Å². The zero-order valence-corrected chi connectivity index (χ0v) is 16.8. The number of benzene rings is 2. The van der Waals surface area contributed by atoms with Crippen LogP contribution in [0.3, 0.4) is 0 Å². The third-order valence-electron chi connectivity index (χ3n) is 4.59. The fourth-order valence-electron chi connectivity index (χ4n) is 3.15. The molecule has 1 aliphatic heterocycles. The van der Waals surface area contributed by atoms with Gasteiger partial charge in [-0.05, 0) is 29.7 Å². The first-order valence-corrected chi connectivity index (χ1v) is 9.80. The molecule has 1 amide bonds. The highest BCUT2D eigenvalue weighted by molar-refractivity contribution is 6.30. The minimum atomic E-state index is -0.310. The molecule has 0 radical (unpaired) electrons. The summed E-state index contributed by atoms with van der Waals surface area (Å²) in [5.41, 5.74) is 2.27. The Kier molecular flexibility index (Phi) is 6.68. The van der Waals surface area contributed by atoms with Crippen molar-refractivity contribution in [3.8, 4) is 0 Å². The van der Waals surface area contributed by atoms with E-state index in [9.17, 15) is 9.18 Å². The Morgan fingerprint density at radius 1 is 1.25 bits per heavy atom. The van der Waals surface area contributed by atoms with Gasteiger partial charge in [0, 0.05) is 30.0 Å². The molecular weight excluding hydrogens is 379 g/mol. The molecule has 1 heterocycles. The predicted octanol–water partition coefficient (Wildman–Crippen LogP) is 5.05. The molecule has 1 unspecified atom stereocenters. The summed E-state index contributed by atoms with van der Waals surface area (Å²) < 4.78 is 14.1. The number of halogens is 2. The Balaban J connectivity index is 1.68. The summed E-state index contributed by atoms with van der Waals surface area (Å²) in [4.78, 5) is 20.0. The number of rotatable bonds is 7. The van der Waals surface area contributed by atoms with Crippen molar-refractivity contribution < 1.29 is 14.0 Å². The number of hydrogen-bond acceptors (Lipinski definition) is 3. The van der Waals surface area contributed by atoms with Crippen molar-refractivity contribution in [3.05, 3.63) is 70.5 Å². The van der Waals surface area contributed by atoms with Crippen LogP contribution in [0.15, 0.2) is 53.7 Å². The lowest BCUT2D eigenvalue weighted by molar-refractivity contribution is -0.134. The van der Waals surface area contributed by atoms with E-state index in [2.05, 4.69) is 5.16 Å². The lowest BCUT2D eigenvalue weighted by atomic mass is 10.0. The molecule has 0 fully saturated rings. The second kappa shape index (κ2) is 9.20. The van der Waals surface area contributed by atoms with Crippen molar-refractivity contribution in [1.82, 2.24) is 4.90 Å². The van der Waals surface area contributed by atoms with Gasteiger partial charge in [-0.2, -0.15) is 0 Å². The summed E-state index contributed by atoms with van der Waals surface area (Å²) in [7, 11) is 0. The van der Waals surface area contributed by atoms with Gasteiger partial charge in [0.25, 0.3) is 0 Å². The highest BCUT2D eigenvalue weighted by atomic mass is 35.5. The molecule has 0 aromatic heterocycles. The zero-order chi connectivity index (χ0) is 20.1. The van der Waals surface area contributed by atoms with Crippen LogP contribution in [0.4, 0.5) is 4.39 Å². The van der Waals surface area contributed by atoms with E-state index < -0.39 is 0 Å². The summed E-state index contributed by atoms with van der Waals surface area (Å²) in [5, 5.41) is 4.84. The van der Waals surface area contributed by atoms with Crippen LogP contribution in [0.25, 0.3) is 0 Å². The van der Waals surface area contributed by atoms with Crippen molar-refractivity contribution in [1.29, 1.82) is 0 Å². The maximum atomic E-state index is 14.1. The van der Waals surface area contributed by atoms with E-state index in [0.29, 0.717) is 30.0 Å². The number of nitrogens with zero attached hydrogens (tertiary/aromatic N) is 2. The molecule has 0 spiro atoms. The van der Waals surface area contributed by atoms with Gasteiger partial charge in [-0.3, -0.25) is 4.79 Å². The van der Waals surface area contributed by atoms with Crippen LogP contribution < -0.4 is 0 Å². The summed E-state index contributed by atoms with van der Waals surface area (Å²) >= 11 is 5.94. The van der Waals surface area contributed by atoms with Crippen molar-refractivity contribution in [2.24, 2.45) is 11.1 Å². The van der Waals surface area contributed by atoms with Crippen LogP contribution in [-0.2, 0) is 16.2 Å². The molecule has 4 nitrogen and oxygen atoms in total. The smallest absolute Gasteiger partial charge is 0.223 e. The average molecular weight is 403 g/mol. The van der Waals surface area contributed by atoms with Crippen molar-refractivity contribution >= 4 is 23.2 Å². The first-order chi connectivity index (χ1) is 13.4. The topological polar surface area (TPSA) is 41.9 Å². The van der Waals surface area contributed by atoms with E-state index in [1.807, 2.05) is 38.1 Å². The number of oxime groups is 1. The maximum absolute atomic E-state index is 14.1. The fraction of sp³-hybridized carbons (Fsp3) is 0.364. The molecule has 2 aromatic rings. The molecule has 1 atom stereocenters. The predicted molar refractivity (Wildman–Crippen MR) is 109 cm³/mol. The quantitative estimate of drug-likeness (QED) is 0.650. The Labute approximate surface area is 169 Å². The minimum absolute atomic E-state index is 0.0122. The van der Waals surface area contributed by atoms with E-state index >= 15 is 0 Å². The lowest BCUT2D eigenvalue weighted by Gasteiger charge is -2.26. The molecule has 148 valence electrons. The van der Waals surface area contributed by atoms with Gasteiger partial charge in [0.05, 0.1) is 12.3 Å². The van der Waals surface area contributed by atoms with Gasteiger partial charge in [-0.15, -0.1) is 0 Å². The van der Waals surface area contributed by atoms with E-state index in [1.165, 1.54) is 6.07 Å². The molecule has 0 N–H and O–H groups in total. The van der Waals surface area contributed by atoms with Crippen LogP contribution in [0.5, 0.6) is 0 Å². The second-order valence-electron chi connectivity index (χ2n) is 7.44. The number of carbonyl (C=O) groups is 1. The molecular formula is C22H24ClFN2O2. The molecule has 1 aliphatic rings. The lowest BCUT2D eigenvalue weighted by Crippen LogP contribution is -2.38. The fourth-order valence-corrected chi connectivity index (χ4v) is 3.28. The Bertz CT molecular complexity index is 852. The molecule has 2 aromatic carbocycles. The summed E-state index contributed by atoms with van der Waals surface area (Å²) in [6.07, 6.45) is 0.741. The summed E-state index contributed by atoms with van der Waals surface area (Å²) in [6, 6.07) is 13.9. The standard InChI is InChI=1S/C22H24ClFN2O2/c1-15(2)11-22(27)26(13-17-5-3-4-6-20(17)24)14-19-12-21(25-28-19)16-7-9-18(23)10-8-16/h3-10,15,19H,11-14H2,1-2H3. The number of carbonyl (C=O) groups excluding carboxylic acids is 1. The Hall–Kier alpha value is -2.40. The van der Waals surface area contributed by atoms with Gasteiger partial charge >= 0.3 is 0 Å². The van der Waals surface area contributed by atoms with E-state index in [0.717, 1.165) is 11.3 Å². The van der Waals surface area contributed by atoms with Crippen LogP contribution in [0.1, 0.15) is 37.8 Å². The SMILES string of the molecule is CC(C)CC(=O)N(Cc1ccccc1F)CC1CC(c2ccc(Cl)cc2)=NO1. The Morgan fingerprint density at radius 3 is 2.64 bits per heavy atom. The number of hydrogen-bond donors (Lipinski definition) is 0. The number of amides is 1. The molecule has 28 heavy (non-hydrogen) atoms. The molecule has 0 aliphatic carbocycles. The van der Waals surface area contributed by atoms with Crippen molar-refractivity contribution in [2.75, 3.05) is 6.54 Å². The van der Waals surface area contributed by atoms with E-state index in [1.54, 1.807) is 23.1 Å². The van der Waals surface area contributed by atoms with Gasteiger partial charge in [-0.1, -0.05) is 60.9 Å². The molecule has 6 heteroatoms. The minimum Gasteiger partial charge on any atom is -0.390 e. The normalized spacial score (nSPS) is 16.0. The Morgan fingerprint density at radius 2 is 1.96 bits per heavy atom. The zero-order valence-electron chi connectivity index (χ0n) is 16.1. The molecule has 0 saturated carbocycles. The van der Waals surface area contributed by atoms with Gasteiger partial charge in [0.2, 0.25) is 5.91 Å². The molecule has 0 bridgehead atoms. The van der Waals surface area contributed by atoms with Gasteiger partial charge in [0.15, 0.2) is 6.10 Å². The first-order valence-electron chi connectivity index (χ1n) is 9.42. The highest BCUT2D eigenvalue weighted by Crippen LogP contribution is 2.21. The van der Waals surface area contributed by atoms with Crippen LogP contribution >= 0.6 is 11.6 Å². The summed E-state index contributed by atoms with van der Waals surface area (Å²) in [5.74, 6) is -0.0990. The van der Waals surface area contributed by atoms with Crippen molar-refractivity contribution in [2.45, 2.75) is 39.3 Å².